The van der Waals surface area contributed by atoms with Crippen LogP contribution in [0, 0.1) is 12.8 Å². The van der Waals surface area contributed by atoms with E-state index in [4.69, 9.17) is 4.42 Å². The molecule has 9 nitrogen and oxygen atoms in total. The number of benzene rings is 1. The number of pyridine rings is 2. The molecule has 216 valence electrons. The highest BCUT2D eigenvalue weighted by Gasteiger charge is 2.22. The third-order valence-electron chi connectivity index (χ3n) is 7.61. The predicted molar refractivity (Wildman–Crippen MR) is 167 cm³/mol. The van der Waals surface area contributed by atoms with Crippen LogP contribution in [0.1, 0.15) is 53.6 Å². The van der Waals surface area contributed by atoms with Crippen LogP contribution in [0.15, 0.2) is 77.7 Å². The Labute approximate surface area is 246 Å². The SMILES string of the molecule is CCC(c1cccc2c(C(=O)NC)ccnc12)C(C)CNc1cc(-c2ccc(NCCc3ccc(C)o3)nc2)ncn1. The molecule has 4 aromatic heterocycles. The van der Waals surface area contributed by atoms with Crippen molar-refractivity contribution in [2.45, 2.75) is 39.5 Å². The molecule has 5 rings (SSSR count). The first-order chi connectivity index (χ1) is 20.5. The Morgan fingerprint density at radius 2 is 1.86 bits per heavy atom. The Hall–Kier alpha value is -4.79. The van der Waals surface area contributed by atoms with Gasteiger partial charge in [0.25, 0.3) is 5.91 Å². The van der Waals surface area contributed by atoms with Gasteiger partial charge in [0.05, 0.1) is 16.8 Å². The average molecular weight is 564 g/mol. The average Bonchev–Trinajstić information content (AvgIpc) is 3.45. The van der Waals surface area contributed by atoms with Gasteiger partial charge >= 0.3 is 0 Å². The minimum atomic E-state index is -0.108. The molecule has 42 heavy (non-hydrogen) atoms. The summed E-state index contributed by atoms with van der Waals surface area (Å²) in [6, 6.07) is 17.8. The number of hydrogen-bond acceptors (Lipinski definition) is 8. The summed E-state index contributed by atoms with van der Waals surface area (Å²) in [4.78, 5) is 30.6. The van der Waals surface area contributed by atoms with E-state index in [1.54, 1.807) is 25.6 Å². The van der Waals surface area contributed by atoms with Gasteiger partial charge in [-0.05, 0) is 61.1 Å². The van der Waals surface area contributed by atoms with Gasteiger partial charge in [-0.15, -0.1) is 0 Å². The topological polar surface area (TPSA) is 118 Å². The summed E-state index contributed by atoms with van der Waals surface area (Å²) in [5.74, 6) is 3.86. The maximum atomic E-state index is 12.4. The van der Waals surface area contributed by atoms with Crippen LogP contribution in [-0.2, 0) is 6.42 Å². The second-order valence-corrected chi connectivity index (χ2v) is 10.5. The first kappa shape index (κ1) is 28.7. The van der Waals surface area contributed by atoms with E-state index in [1.807, 2.05) is 55.6 Å². The van der Waals surface area contributed by atoms with Gasteiger partial charge in [0.2, 0.25) is 0 Å². The minimum absolute atomic E-state index is 0.108. The lowest BCUT2D eigenvalue weighted by Gasteiger charge is -2.25. The van der Waals surface area contributed by atoms with Gasteiger partial charge in [-0.25, -0.2) is 15.0 Å². The van der Waals surface area contributed by atoms with Crippen LogP contribution in [0.3, 0.4) is 0 Å². The molecule has 2 atom stereocenters. The number of aryl methyl sites for hydroxylation is 1. The lowest BCUT2D eigenvalue weighted by Crippen LogP contribution is -2.20. The molecule has 0 radical (unpaired) electrons. The largest absolute Gasteiger partial charge is 0.466 e. The summed E-state index contributed by atoms with van der Waals surface area (Å²) in [6.07, 6.45) is 6.85. The Kier molecular flexibility index (Phi) is 9.06. The van der Waals surface area contributed by atoms with E-state index >= 15 is 0 Å². The second-order valence-electron chi connectivity index (χ2n) is 10.5. The summed E-state index contributed by atoms with van der Waals surface area (Å²) in [5, 5.41) is 10.4. The number of carbonyl (C=O) groups is 1. The quantitative estimate of drug-likeness (QED) is 0.163. The zero-order valence-electron chi connectivity index (χ0n) is 24.5. The van der Waals surface area contributed by atoms with Crippen molar-refractivity contribution in [2.24, 2.45) is 5.92 Å². The van der Waals surface area contributed by atoms with Gasteiger partial charge in [0, 0.05) is 56.0 Å². The van der Waals surface area contributed by atoms with Crippen molar-refractivity contribution in [3.8, 4) is 11.3 Å². The smallest absolute Gasteiger partial charge is 0.251 e. The molecule has 5 aromatic rings. The number of para-hydroxylation sites is 1. The Morgan fingerprint density at radius 3 is 2.60 bits per heavy atom. The van der Waals surface area contributed by atoms with E-state index in [9.17, 15) is 4.79 Å². The van der Waals surface area contributed by atoms with E-state index in [-0.39, 0.29) is 17.7 Å². The van der Waals surface area contributed by atoms with Crippen LogP contribution >= 0.6 is 0 Å². The maximum Gasteiger partial charge on any atom is 0.251 e. The first-order valence-corrected chi connectivity index (χ1v) is 14.4. The van der Waals surface area contributed by atoms with Crippen LogP contribution in [0.4, 0.5) is 11.6 Å². The summed E-state index contributed by atoms with van der Waals surface area (Å²) in [7, 11) is 1.65. The molecule has 0 spiro atoms. The van der Waals surface area contributed by atoms with E-state index in [0.29, 0.717) is 5.56 Å². The van der Waals surface area contributed by atoms with Crippen molar-refractivity contribution in [1.82, 2.24) is 25.3 Å². The molecule has 0 fully saturated rings. The number of furan rings is 1. The van der Waals surface area contributed by atoms with E-state index in [0.717, 1.165) is 76.8 Å². The summed E-state index contributed by atoms with van der Waals surface area (Å²) in [5.41, 5.74) is 4.39. The number of rotatable bonds is 12. The molecule has 4 heterocycles. The summed E-state index contributed by atoms with van der Waals surface area (Å²) < 4.78 is 5.62. The monoisotopic (exact) mass is 563 g/mol. The first-order valence-electron chi connectivity index (χ1n) is 14.4. The number of fused-ring (bicyclic) bond motifs is 1. The fourth-order valence-electron chi connectivity index (χ4n) is 5.36. The Morgan fingerprint density at radius 1 is 0.976 bits per heavy atom. The summed E-state index contributed by atoms with van der Waals surface area (Å²) >= 11 is 0. The highest BCUT2D eigenvalue weighted by atomic mass is 16.3. The highest BCUT2D eigenvalue weighted by Crippen LogP contribution is 2.33. The van der Waals surface area contributed by atoms with Gasteiger partial charge in [-0.1, -0.05) is 32.0 Å². The Balaban J connectivity index is 1.23. The van der Waals surface area contributed by atoms with Crippen molar-refractivity contribution in [2.75, 3.05) is 30.8 Å². The number of nitrogens with zero attached hydrogens (tertiary/aromatic N) is 4. The van der Waals surface area contributed by atoms with Gasteiger partial charge < -0.3 is 20.4 Å². The third kappa shape index (κ3) is 6.57. The lowest BCUT2D eigenvalue weighted by atomic mass is 9.83. The predicted octanol–water partition coefficient (Wildman–Crippen LogP) is 6.24. The molecule has 0 aliphatic rings. The molecule has 1 aromatic carbocycles. The highest BCUT2D eigenvalue weighted by molar-refractivity contribution is 6.06. The lowest BCUT2D eigenvalue weighted by molar-refractivity contribution is 0.0964. The standard InChI is InChI=1S/C33H37N7O2/c1-5-25(26-7-6-8-27-28(33(41)34-4)14-16-36-32(26)27)21(2)18-37-31-17-29(39-20-40-31)23-10-12-30(38-19-23)35-15-13-24-11-9-22(3)42-24/h6-12,14,16-17,19-21,25H,5,13,15,18H2,1-4H3,(H,34,41)(H,35,38)(H,37,39,40). The molecular weight excluding hydrogens is 526 g/mol. The van der Waals surface area contributed by atoms with E-state index in [2.05, 4.69) is 55.8 Å². The van der Waals surface area contributed by atoms with Gasteiger partial charge in [-0.3, -0.25) is 9.78 Å². The Bertz CT molecular complexity index is 1650. The molecule has 0 saturated heterocycles. The summed E-state index contributed by atoms with van der Waals surface area (Å²) in [6.45, 7) is 7.82. The third-order valence-corrected chi connectivity index (χ3v) is 7.61. The van der Waals surface area contributed by atoms with Crippen molar-refractivity contribution < 1.29 is 9.21 Å². The molecular formula is C33H37N7O2. The molecule has 2 unspecified atom stereocenters. The fourth-order valence-corrected chi connectivity index (χ4v) is 5.36. The van der Waals surface area contributed by atoms with Crippen molar-refractivity contribution in [3.05, 3.63) is 96.0 Å². The molecule has 0 aliphatic heterocycles. The number of amides is 1. The van der Waals surface area contributed by atoms with Crippen LogP contribution in [-0.4, -0.2) is 46.0 Å². The van der Waals surface area contributed by atoms with Gasteiger partial charge in [0.1, 0.15) is 29.5 Å². The van der Waals surface area contributed by atoms with E-state index < -0.39 is 0 Å². The maximum absolute atomic E-state index is 12.4. The molecule has 1 amide bonds. The number of anilines is 2. The number of hydrogen-bond donors (Lipinski definition) is 3. The van der Waals surface area contributed by atoms with Crippen LogP contribution < -0.4 is 16.0 Å². The normalized spacial score (nSPS) is 12.6. The molecule has 0 bridgehead atoms. The second kappa shape index (κ2) is 13.2. The van der Waals surface area contributed by atoms with Crippen molar-refractivity contribution >= 4 is 28.4 Å². The zero-order chi connectivity index (χ0) is 29.5. The van der Waals surface area contributed by atoms with Crippen LogP contribution in [0.5, 0.6) is 0 Å². The molecule has 0 saturated carbocycles. The number of aromatic nitrogens is 4. The van der Waals surface area contributed by atoms with Gasteiger partial charge in [-0.2, -0.15) is 0 Å². The van der Waals surface area contributed by atoms with E-state index in [1.165, 1.54) is 0 Å². The zero-order valence-corrected chi connectivity index (χ0v) is 24.5. The fraction of sp³-hybridized carbons (Fsp3) is 0.303. The molecule has 9 heteroatoms. The van der Waals surface area contributed by atoms with Gasteiger partial charge in [0.15, 0.2) is 0 Å². The minimum Gasteiger partial charge on any atom is -0.466 e. The van der Waals surface area contributed by atoms with Crippen LogP contribution in [0.2, 0.25) is 0 Å². The molecule has 0 aliphatic carbocycles. The van der Waals surface area contributed by atoms with Crippen molar-refractivity contribution in [3.63, 3.8) is 0 Å². The van der Waals surface area contributed by atoms with Crippen molar-refractivity contribution in [1.29, 1.82) is 0 Å². The van der Waals surface area contributed by atoms with Crippen LogP contribution in [0.25, 0.3) is 22.2 Å². The number of nitrogens with one attached hydrogen (secondary N) is 3. The number of carbonyl (C=O) groups excluding carboxylic acids is 1. The molecule has 3 N–H and O–H groups in total.